The number of carbonyl (C=O) groups excluding carboxylic acids is 2. The van der Waals surface area contributed by atoms with Crippen LogP contribution in [0.25, 0.3) is 0 Å². The molecule has 160 valence electrons. The van der Waals surface area contributed by atoms with Crippen molar-refractivity contribution in [3.63, 3.8) is 0 Å². The number of nitrogens with one attached hydrogen (secondary N) is 3. The lowest BCUT2D eigenvalue weighted by Gasteiger charge is -2.28. The smallest absolute Gasteiger partial charge is 0.407 e. The number of ether oxygens (including phenoxy) is 1. The highest BCUT2D eigenvalue weighted by Crippen LogP contribution is 2.38. The monoisotopic (exact) mass is 411 g/mol. The van der Waals surface area contributed by atoms with Crippen LogP contribution in [-0.4, -0.2) is 41.4 Å². The number of aryl methyl sites for hydroxylation is 1. The van der Waals surface area contributed by atoms with Crippen molar-refractivity contribution in [3.8, 4) is 0 Å². The summed E-state index contributed by atoms with van der Waals surface area (Å²) in [5.41, 5.74) is 3.98. The number of para-hydroxylation sites is 1. The van der Waals surface area contributed by atoms with E-state index in [4.69, 9.17) is 4.74 Å². The van der Waals surface area contributed by atoms with Crippen molar-refractivity contribution >= 4 is 29.2 Å². The van der Waals surface area contributed by atoms with Gasteiger partial charge in [0.25, 0.3) is 0 Å². The van der Waals surface area contributed by atoms with Crippen LogP contribution < -0.4 is 15.5 Å². The van der Waals surface area contributed by atoms with Gasteiger partial charge in [-0.3, -0.25) is 9.89 Å². The van der Waals surface area contributed by atoms with Gasteiger partial charge in [0.2, 0.25) is 5.91 Å². The van der Waals surface area contributed by atoms with Gasteiger partial charge in [0.1, 0.15) is 6.10 Å². The highest BCUT2D eigenvalue weighted by molar-refractivity contribution is 6.00. The van der Waals surface area contributed by atoms with Gasteiger partial charge in [-0.1, -0.05) is 12.1 Å². The molecule has 0 saturated heterocycles. The van der Waals surface area contributed by atoms with Gasteiger partial charge in [-0.2, -0.15) is 5.10 Å². The molecule has 2 heterocycles. The van der Waals surface area contributed by atoms with E-state index >= 15 is 0 Å². The van der Waals surface area contributed by atoms with Gasteiger partial charge in [0.15, 0.2) is 5.82 Å². The summed E-state index contributed by atoms with van der Waals surface area (Å²) in [4.78, 5) is 25.7. The average Bonchev–Trinajstić information content (AvgIpc) is 3.33. The van der Waals surface area contributed by atoms with Gasteiger partial charge < -0.3 is 20.3 Å². The number of nitrogens with zero attached hydrogens (tertiary/aromatic N) is 2. The largest absolute Gasteiger partial charge is 0.446 e. The first-order chi connectivity index (χ1) is 14.4. The highest BCUT2D eigenvalue weighted by Gasteiger charge is 2.30. The summed E-state index contributed by atoms with van der Waals surface area (Å²) < 4.78 is 5.52. The minimum Gasteiger partial charge on any atom is -0.446 e. The van der Waals surface area contributed by atoms with Crippen molar-refractivity contribution in [1.82, 2.24) is 15.5 Å². The van der Waals surface area contributed by atoms with E-state index in [0.29, 0.717) is 12.2 Å². The van der Waals surface area contributed by atoms with Crippen molar-refractivity contribution in [1.29, 1.82) is 0 Å². The molecule has 2 aromatic rings. The zero-order valence-corrected chi connectivity index (χ0v) is 17.7. The quantitative estimate of drug-likeness (QED) is 0.694. The molecule has 1 unspecified atom stereocenters. The lowest BCUT2D eigenvalue weighted by atomic mass is 10.0. The van der Waals surface area contributed by atoms with E-state index in [9.17, 15) is 9.59 Å². The molecule has 3 N–H and O–H groups in total. The van der Waals surface area contributed by atoms with Crippen molar-refractivity contribution in [2.75, 3.05) is 17.3 Å². The standard InChI is InChI=1S/C22H29N5O3/c1-13(2)23-22(29)30-16-9-7-15(11-16)18-12-19(26-25-18)24-17-6-4-5-14-8-10-20(28)27(3)21(14)17/h4-6,12-13,15-16H,7-11H2,1-3H3,(H,23,29)(H2,24,25,26)/t15-,16?/m0/s1. The Morgan fingerprint density at radius 2 is 2.13 bits per heavy atom. The Kier molecular flexibility index (Phi) is 5.65. The van der Waals surface area contributed by atoms with Crippen LogP contribution in [0.1, 0.15) is 56.7 Å². The second-order valence-corrected chi connectivity index (χ2v) is 8.44. The van der Waals surface area contributed by atoms with Crippen LogP contribution in [0.2, 0.25) is 0 Å². The van der Waals surface area contributed by atoms with E-state index < -0.39 is 0 Å². The van der Waals surface area contributed by atoms with Gasteiger partial charge in [-0.25, -0.2) is 4.79 Å². The molecule has 1 aromatic heterocycles. The molecule has 8 heteroatoms. The van der Waals surface area contributed by atoms with Crippen LogP contribution in [0.3, 0.4) is 0 Å². The van der Waals surface area contributed by atoms with E-state index in [2.05, 4.69) is 26.9 Å². The zero-order chi connectivity index (χ0) is 21.3. The second kappa shape index (κ2) is 8.38. The summed E-state index contributed by atoms with van der Waals surface area (Å²) in [6.45, 7) is 3.82. The summed E-state index contributed by atoms with van der Waals surface area (Å²) in [7, 11) is 1.82. The van der Waals surface area contributed by atoms with Gasteiger partial charge in [0.05, 0.1) is 11.4 Å². The molecule has 8 nitrogen and oxygen atoms in total. The van der Waals surface area contributed by atoms with Gasteiger partial charge in [0, 0.05) is 37.2 Å². The van der Waals surface area contributed by atoms with E-state index in [0.717, 1.165) is 48.3 Å². The molecule has 1 aromatic carbocycles. The van der Waals surface area contributed by atoms with Crippen molar-refractivity contribution < 1.29 is 14.3 Å². The van der Waals surface area contributed by atoms with Gasteiger partial charge in [-0.15, -0.1) is 0 Å². The van der Waals surface area contributed by atoms with Crippen molar-refractivity contribution in [2.24, 2.45) is 0 Å². The first kappa shape index (κ1) is 20.3. The molecular weight excluding hydrogens is 382 g/mol. The number of fused-ring (bicyclic) bond motifs is 1. The Morgan fingerprint density at radius 3 is 2.93 bits per heavy atom. The van der Waals surface area contributed by atoms with Crippen LogP contribution in [-0.2, 0) is 16.0 Å². The molecule has 0 spiro atoms. The molecule has 30 heavy (non-hydrogen) atoms. The fourth-order valence-corrected chi connectivity index (χ4v) is 4.32. The van der Waals surface area contributed by atoms with Crippen LogP contribution >= 0.6 is 0 Å². The number of H-pyrrole nitrogens is 1. The minimum atomic E-state index is -0.352. The summed E-state index contributed by atoms with van der Waals surface area (Å²) in [6.07, 6.45) is 3.44. The normalized spacial score (nSPS) is 20.9. The number of anilines is 3. The zero-order valence-electron chi connectivity index (χ0n) is 17.7. The number of hydrogen-bond donors (Lipinski definition) is 3. The third-order valence-corrected chi connectivity index (χ3v) is 5.80. The maximum Gasteiger partial charge on any atom is 0.407 e. The third-order valence-electron chi connectivity index (χ3n) is 5.80. The molecule has 0 bridgehead atoms. The minimum absolute atomic E-state index is 0.0639. The molecule has 0 radical (unpaired) electrons. The number of aromatic nitrogens is 2. The molecule has 2 atom stereocenters. The molecule has 1 fully saturated rings. The Morgan fingerprint density at radius 1 is 1.30 bits per heavy atom. The maximum atomic E-state index is 12.1. The first-order valence-corrected chi connectivity index (χ1v) is 10.6. The number of amides is 2. The molecule has 1 saturated carbocycles. The van der Waals surface area contributed by atoms with E-state index in [1.54, 1.807) is 4.90 Å². The predicted octanol–water partition coefficient (Wildman–Crippen LogP) is 3.83. The van der Waals surface area contributed by atoms with Gasteiger partial charge >= 0.3 is 6.09 Å². The summed E-state index contributed by atoms with van der Waals surface area (Å²) in [6, 6.07) is 8.10. The lowest BCUT2D eigenvalue weighted by molar-refractivity contribution is -0.118. The number of benzene rings is 1. The number of hydrogen-bond acceptors (Lipinski definition) is 5. The first-order valence-electron chi connectivity index (χ1n) is 10.6. The summed E-state index contributed by atoms with van der Waals surface area (Å²) in [5.74, 6) is 1.11. The second-order valence-electron chi connectivity index (χ2n) is 8.44. The van der Waals surface area contributed by atoms with E-state index in [-0.39, 0.29) is 30.1 Å². The number of alkyl carbamates (subject to hydrolysis) is 1. The lowest BCUT2D eigenvalue weighted by Crippen LogP contribution is -2.33. The Bertz CT molecular complexity index is 939. The Hall–Kier alpha value is -3.03. The fraction of sp³-hybridized carbons (Fsp3) is 0.500. The topological polar surface area (TPSA) is 99.3 Å². The van der Waals surface area contributed by atoms with Crippen LogP contribution in [0.5, 0.6) is 0 Å². The molecule has 2 aliphatic rings. The number of rotatable bonds is 5. The van der Waals surface area contributed by atoms with Crippen LogP contribution in [0.4, 0.5) is 22.0 Å². The van der Waals surface area contributed by atoms with E-state index in [1.165, 1.54) is 0 Å². The Labute approximate surface area is 176 Å². The fourth-order valence-electron chi connectivity index (χ4n) is 4.32. The molecule has 1 aliphatic heterocycles. The van der Waals surface area contributed by atoms with E-state index in [1.807, 2.05) is 39.1 Å². The molecule has 1 aliphatic carbocycles. The van der Waals surface area contributed by atoms with Gasteiger partial charge in [-0.05, 0) is 51.2 Å². The van der Waals surface area contributed by atoms with Crippen molar-refractivity contribution in [2.45, 2.75) is 64.0 Å². The number of carbonyl (C=O) groups is 2. The maximum absolute atomic E-state index is 12.1. The molecular formula is C22H29N5O3. The van der Waals surface area contributed by atoms with Crippen LogP contribution in [0.15, 0.2) is 24.3 Å². The SMILES string of the molecule is CC(C)NC(=O)OC1CC[C@H](c2cc(Nc3cccc4c3N(C)C(=O)CC4)n[nH]2)C1. The average molecular weight is 412 g/mol. The molecule has 2 amide bonds. The third kappa shape index (κ3) is 4.27. The summed E-state index contributed by atoms with van der Waals surface area (Å²) in [5, 5.41) is 13.7. The predicted molar refractivity (Wildman–Crippen MR) is 115 cm³/mol. The highest BCUT2D eigenvalue weighted by atomic mass is 16.6. The number of aromatic amines is 1. The Balaban J connectivity index is 1.41. The van der Waals surface area contributed by atoms with Crippen LogP contribution in [0, 0.1) is 0 Å². The summed E-state index contributed by atoms with van der Waals surface area (Å²) >= 11 is 0. The molecule has 4 rings (SSSR count). The van der Waals surface area contributed by atoms with Crippen molar-refractivity contribution in [3.05, 3.63) is 35.5 Å².